The van der Waals surface area contributed by atoms with Gasteiger partial charge in [0.1, 0.15) is 11.6 Å². The Kier molecular flexibility index (Phi) is 9.49. The molecule has 1 unspecified atom stereocenters. The van der Waals surface area contributed by atoms with E-state index >= 15 is 0 Å². The van der Waals surface area contributed by atoms with Gasteiger partial charge in [-0.25, -0.2) is 4.39 Å². The van der Waals surface area contributed by atoms with Gasteiger partial charge in [0.2, 0.25) is 0 Å². The standard InChI is InChI=1S/C28H33FN2O4/c1-20(2)31(18-22-12-15-25(33-3)26(16-22)34-4)19-27(35-24-8-6-5-7-9-24)28(32)30-17-21-10-13-23(29)14-11-21/h5-16,20,27H,17-19H2,1-4H3,(H,30,32). The number of amides is 1. The van der Waals surface area contributed by atoms with Crippen LogP contribution in [-0.4, -0.2) is 43.7 Å². The second-order valence-corrected chi connectivity index (χ2v) is 8.48. The predicted molar refractivity (Wildman–Crippen MR) is 134 cm³/mol. The minimum atomic E-state index is -0.750. The summed E-state index contributed by atoms with van der Waals surface area (Å²) < 4.78 is 30.1. The Morgan fingerprint density at radius 1 is 0.914 bits per heavy atom. The van der Waals surface area contributed by atoms with Crippen LogP contribution < -0.4 is 19.5 Å². The summed E-state index contributed by atoms with van der Waals surface area (Å²) in [5, 5.41) is 2.93. The fraction of sp³-hybridized carbons (Fsp3) is 0.321. The molecule has 0 heterocycles. The zero-order chi connectivity index (χ0) is 25.2. The number of benzene rings is 3. The number of nitrogens with zero attached hydrogens (tertiary/aromatic N) is 1. The summed E-state index contributed by atoms with van der Waals surface area (Å²) in [5.74, 6) is 1.38. The van der Waals surface area contributed by atoms with Crippen LogP contribution in [0.4, 0.5) is 4.39 Å². The second-order valence-electron chi connectivity index (χ2n) is 8.48. The number of methoxy groups -OCH3 is 2. The van der Waals surface area contributed by atoms with Crippen LogP contribution in [-0.2, 0) is 17.9 Å². The van der Waals surface area contributed by atoms with Gasteiger partial charge in [0.05, 0.1) is 14.2 Å². The highest BCUT2D eigenvalue weighted by Gasteiger charge is 2.25. The molecule has 0 aliphatic carbocycles. The molecule has 0 spiro atoms. The maximum absolute atomic E-state index is 13.2. The van der Waals surface area contributed by atoms with Gasteiger partial charge in [-0.05, 0) is 61.4 Å². The van der Waals surface area contributed by atoms with Crippen LogP contribution in [0.15, 0.2) is 72.8 Å². The fourth-order valence-electron chi connectivity index (χ4n) is 3.63. The Morgan fingerprint density at radius 3 is 2.20 bits per heavy atom. The normalized spacial score (nSPS) is 11.9. The van der Waals surface area contributed by atoms with Gasteiger partial charge in [0.25, 0.3) is 5.91 Å². The van der Waals surface area contributed by atoms with Crippen LogP contribution in [0.5, 0.6) is 17.2 Å². The summed E-state index contributed by atoms with van der Waals surface area (Å²) in [6, 6.07) is 21.3. The number of rotatable bonds is 12. The number of hydrogen-bond donors (Lipinski definition) is 1. The zero-order valence-corrected chi connectivity index (χ0v) is 20.7. The molecule has 1 atom stereocenters. The first-order valence-electron chi connectivity index (χ1n) is 11.6. The topological polar surface area (TPSA) is 60.0 Å². The van der Waals surface area contributed by atoms with Gasteiger partial charge >= 0.3 is 0 Å². The molecule has 0 saturated carbocycles. The molecular formula is C28H33FN2O4. The van der Waals surface area contributed by atoms with E-state index in [-0.39, 0.29) is 24.3 Å². The Labute approximate surface area is 206 Å². The van der Waals surface area contributed by atoms with E-state index in [2.05, 4.69) is 24.1 Å². The van der Waals surface area contributed by atoms with E-state index in [1.807, 2.05) is 48.5 Å². The monoisotopic (exact) mass is 480 g/mol. The molecule has 35 heavy (non-hydrogen) atoms. The van der Waals surface area contributed by atoms with E-state index in [1.54, 1.807) is 26.4 Å². The third-order valence-electron chi connectivity index (χ3n) is 5.66. The van der Waals surface area contributed by atoms with Crippen LogP contribution in [0.25, 0.3) is 0 Å². The van der Waals surface area contributed by atoms with E-state index in [0.29, 0.717) is 30.3 Å². The number of nitrogens with one attached hydrogen (secondary N) is 1. The van der Waals surface area contributed by atoms with Gasteiger partial charge in [-0.2, -0.15) is 0 Å². The van der Waals surface area contributed by atoms with Gasteiger partial charge in [-0.15, -0.1) is 0 Å². The van der Waals surface area contributed by atoms with Crippen molar-refractivity contribution >= 4 is 5.91 Å². The molecule has 0 aromatic heterocycles. The molecule has 1 amide bonds. The van der Waals surface area contributed by atoms with Crippen molar-refractivity contribution in [3.8, 4) is 17.2 Å². The number of hydrogen-bond acceptors (Lipinski definition) is 5. The number of ether oxygens (including phenoxy) is 3. The van der Waals surface area contributed by atoms with Crippen molar-refractivity contribution in [2.45, 2.75) is 39.1 Å². The number of carbonyl (C=O) groups is 1. The van der Waals surface area contributed by atoms with Crippen molar-refractivity contribution in [2.24, 2.45) is 0 Å². The Hall–Kier alpha value is -3.58. The molecule has 0 aliphatic heterocycles. The summed E-state index contributed by atoms with van der Waals surface area (Å²) in [6.45, 7) is 5.41. The minimum absolute atomic E-state index is 0.148. The average molecular weight is 481 g/mol. The molecule has 3 aromatic rings. The van der Waals surface area contributed by atoms with Gasteiger partial charge in [0, 0.05) is 25.7 Å². The molecule has 0 saturated heterocycles. The van der Waals surface area contributed by atoms with Crippen molar-refractivity contribution in [3.05, 3.63) is 89.7 Å². The average Bonchev–Trinajstić information content (AvgIpc) is 2.87. The quantitative estimate of drug-likeness (QED) is 0.403. The molecule has 7 heteroatoms. The van der Waals surface area contributed by atoms with Crippen LogP contribution in [0, 0.1) is 5.82 Å². The molecule has 186 valence electrons. The molecule has 3 rings (SSSR count). The van der Waals surface area contributed by atoms with Crippen LogP contribution >= 0.6 is 0 Å². The lowest BCUT2D eigenvalue weighted by molar-refractivity contribution is -0.129. The Bertz CT molecular complexity index is 1070. The third-order valence-corrected chi connectivity index (χ3v) is 5.66. The van der Waals surface area contributed by atoms with Crippen molar-refractivity contribution in [2.75, 3.05) is 20.8 Å². The van der Waals surface area contributed by atoms with E-state index in [9.17, 15) is 9.18 Å². The van der Waals surface area contributed by atoms with E-state index in [0.717, 1.165) is 11.1 Å². The maximum atomic E-state index is 13.2. The molecule has 3 aromatic carbocycles. The summed E-state index contributed by atoms with van der Waals surface area (Å²) in [5.41, 5.74) is 1.84. The zero-order valence-electron chi connectivity index (χ0n) is 20.7. The summed E-state index contributed by atoms with van der Waals surface area (Å²) in [7, 11) is 3.21. The van der Waals surface area contributed by atoms with Crippen LogP contribution in [0.2, 0.25) is 0 Å². The van der Waals surface area contributed by atoms with Crippen LogP contribution in [0.3, 0.4) is 0 Å². The Balaban J connectivity index is 1.76. The van der Waals surface area contributed by atoms with Crippen molar-refractivity contribution in [3.63, 3.8) is 0 Å². The summed E-state index contributed by atoms with van der Waals surface area (Å²) >= 11 is 0. The first-order chi connectivity index (χ1) is 16.9. The highest BCUT2D eigenvalue weighted by Crippen LogP contribution is 2.28. The molecule has 0 radical (unpaired) electrons. The minimum Gasteiger partial charge on any atom is -0.493 e. The SMILES string of the molecule is COc1ccc(CN(CC(Oc2ccccc2)C(=O)NCc2ccc(F)cc2)C(C)C)cc1OC. The molecule has 1 N–H and O–H groups in total. The van der Waals surface area contributed by atoms with Gasteiger partial charge in [-0.1, -0.05) is 36.4 Å². The summed E-state index contributed by atoms with van der Waals surface area (Å²) in [6.07, 6.45) is -0.750. The first kappa shape index (κ1) is 26.0. The predicted octanol–water partition coefficient (Wildman–Crippen LogP) is 4.82. The molecule has 0 bridgehead atoms. The largest absolute Gasteiger partial charge is 0.493 e. The third kappa shape index (κ3) is 7.72. The van der Waals surface area contributed by atoms with E-state index < -0.39 is 6.10 Å². The van der Waals surface area contributed by atoms with Crippen molar-refractivity contribution in [1.82, 2.24) is 10.2 Å². The summed E-state index contributed by atoms with van der Waals surface area (Å²) in [4.78, 5) is 15.4. The fourth-order valence-corrected chi connectivity index (χ4v) is 3.63. The van der Waals surface area contributed by atoms with Crippen molar-refractivity contribution in [1.29, 1.82) is 0 Å². The first-order valence-corrected chi connectivity index (χ1v) is 11.6. The van der Waals surface area contributed by atoms with E-state index in [4.69, 9.17) is 14.2 Å². The molecule has 6 nitrogen and oxygen atoms in total. The lowest BCUT2D eigenvalue weighted by atomic mass is 10.1. The maximum Gasteiger partial charge on any atom is 0.262 e. The second kappa shape index (κ2) is 12.8. The highest BCUT2D eigenvalue weighted by molar-refractivity contribution is 5.81. The van der Waals surface area contributed by atoms with Gasteiger partial charge in [0.15, 0.2) is 17.6 Å². The molecule has 0 aliphatic rings. The number of carbonyl (C=O) groups excluding carboxylic acids is 1. The van der Waals surface area contributed by atoms with E-state index in [1.165, 1.54) is 12.1 Å². The Morgan fingerprint density at radius 2 is 1.57 bits per heavy atom. The molecule has 0 fully saturated rings. The van der Waals surface area contributed by atoms with Crippen molar-refractivity contribution < 1.29 is 23.4 Å². The lowest BCUT2D eigenvalue weighted by Crippen LogP contribution is -2.47. The smallest absolute Gasteiger partial charge is 0.262 e. The van der Waals surface area contributed by atoms with Crippen LogP contribution in [0.1, 0.15) is 25.0 Å². The van der Waals surface area contributed by atoms with Gasteiger partial charge < -0.3 is 19.5 Å². The number of para-hydroxylation sites is 1. The lowest BCUT2D eigenvalue weighted by Gasteiger charge is -2.30. The highest BCUT2D eigenvalue weighted by atomic mass is 19.1. The number of halogens is 1. The van der Waals surface area contributed by atoms with Gasteiger partial charge in [-0.3, -0.25) is 9.69 Å². The molecular weight excluding hydrogens is 447 g/mol.